The highest BCUT2D eigenvalue weighted by molar-refractivity contribution is 5.88. The molecule has 0 saturated carbocycles. The molecule has 2 heterocycles. The van der Waals surface area contributed by atoms with E-state index in [1.165, 1.54) is 12.1 Å². The van der Waals surface area contributed by atoms with Crippen LogP contribution >= 0.6 is 0 Å². The van der Waals surface area contributed by atoms with Crippen molar-refractivity contribution in [1.29, 1.82) is 0 Å². The maximum absolute atomic E-state index is 13.6. The summed E-state index contributed by atoms with van der Waals surface area (Å²) in [5.74, 6) is 0.222. The van der Waals surface area contributed by atoms with Gasteiger partial charge in [-0.3, -0.25) is 9.98 Å². The molecule has 0 bridgehead atoms. The zero-order valence-corrected chi connectivity index (χ0v) is 13.1. The smallest absolute Gasteiger partial charge is 0.161 e. The van der Waals surface area contributed by atoms with Gasteiger partial charge >= 0.3 is 0 Å². The first-order chi connectivity index (χ1) is 11.7. The summed E-state index contributed by atoms with van der Waals surface area (Å²) < 4.78 is 13.6. The highest BCUT2D eigenvalue weighted by Crippen LogP contribution is 2.23. The van der Waals surface area contributed by atoms with Crippen LogP contribution in [0.15, 0.2) is 65.6 Å². The maximum Gasteiger partial charge on any atom is 0.161 e. The summed E-state index contributed by atoms with van der Waals surface area (Å²) in [7, 11) is 0. The monoisotopic (exact) mass is 318 g/mol. The molecule has 0 aliphatic heterocycles. The number of rotatable bonds is 4. The van der Waals surface area contributed by atoms with Crippen LogP contribution in [0.4, 0.5) is 4.39 Å². The van der Waals surface area contributed by atoms with E-state index in [0.29, 0.717) is 22.4 Å². The molecule has 0 atom stereocenters. The summed E-state index contributed by atoms with van der Waals surface area (Å²) in [6.45, 7) is 5.33. The third-order valence-corrected chi connectivity index (χ3v) is 3.41. The Hall–Kier alpha value is -3.21. The second kappa shape index (κ2) is 6.91. The number of halogens is 1. The lowest BCUT2D eigenvalue weighted by molar-refractivity contribution is 0.629. The maximum atomic E-state index is 13.6. The molecule has 0 radical (unpaired) electrons. The predicted octanol–water partition coefficient (Wildman–Crippen LogP) is 4.45. The Labute approximate surface area is 139 Å². The molecule has 0 aliphatic rings. The van der Waals surface area contributed by atoms with Gasteiger partial charge in [-0.05, 0) is 55.6 Å². The Bertz CT molecular complexity index is 946. The Balaban J connectivity index is 2.19. The van der Waals surface area contributed by atoms with Crippen LogP contribution in [0.2, 0.25) is 0 Å². The van der Waals surface area contributed by atoms with Gasteiger partial charge in [-0.2, -0.15) is 0 Å². The Kier molecular flexibility index (Phi) is 4.52. The van der Waals surface area contributed by atoms with Gasteiger partial charge in [0.25, 0.3) is 0 Å². The fourth-order valence-electron chi connectivity index (χ4n) is 2.27. The zero-order chi connectivity index (χ0) is 16.9. The van der Waals surface area contributed by atoms with Gasteiger partial charge in [0.2, 0.25) is 0 Å². The van der Waals surface area contributed by atoms with Crippen molar-refractivity contribution in [2.24, 2.45) is 4.99 Å². The number of pyridine rings is 1. The number of aliphatic imine (C=N–C) groups is 1. The second-order valence-electron chi connectivity index (χ2n) is 5.22. The van der Waals surface area contributed by atoms with E-state index in [1.807, 2.05) is 31.2 Å². The summed E-state index contributed by atoms with van der Waals surface area (Å²) in [4.78, 5) is 16.9. The second-order valence-corrected chi connectivity index (χ2v) is 5.22. The SMILES string of the molecule is C=N/C=C(C)\C=C/c1nc(-c2cccnc2)nc2ccc(F)cc12. The molecule has 0 saturated heterocycles. The van der Waals surface area contributed by atoms with Gasteiger partial charge in [-0.15, -0.1) is 0 Å². The van der Waals surface area contributed by atoms with E-state index >= 15 is 0 Å². The molecule has 5 heteroatoms. The topological polar surface area (TPSA) is 51.0 Å². The molecule has 1 aromatic carbocycles. The average Bonchev–Trinajstić information content (AvgIpc) is 2.60. The molecule has 0 aliphatic carbocycles. The van der Waals surface area contributed by atoms with Crippen LogP contribution in [0, 0.1) is 5.82 Å². The summed E-state index contributed by atoms with van der Waals surface area (Å²) >= 11 is 0. The van der Waals surface area contributed by atoms with Gasteiger partial charge in [0, 0.05) is 29.5 Å². The molecule has 118 valence electrons. The quantitative estimate of drug-likeness (QED) is 0.527. The van der Waals surface area contributed by atoms with Crippen LogP contribution < -0.4 is 0 Å². The van der Waals surface area contributed by atoms with Gasteiger partial charge in [0.15, 0.2) is 5.82 Å². The molecule has 3 aromatic rings. The molecule has 4 nitrogen and oxygen atoms in total. The van der Waals surface area contributed by atoms with Gasteiger partial charge in [-0.25, -0.2) is 14.4 Å². The molecule has 0 spiro atoms. The predicted molar refractivity (Wildman–Crippen MR) is 95.1 cm³/mol. The van der Waals surface area contributed by atoms with Crippen LogP contribution in [0.5, 0.6) is 0 Å². The van der Waals surface area contributed by atoms with E-state index in [-0.39, 0.29) is 5.82 Å². The third kappa shape index (κ3) is 3.41. The number of aromatic nitrogens is 3. The van der Waals surface area contributed by atoms with Crippen molar-refractivity contribution in [3.8, 4) is 11.4 Å². The van der Waals surface area contributed by atoms with Gasteiger partial charge in [-0.1, -0.05) is 6.08 Å². The van der Waals surface area contributed by atoms with E-state index < -0.39 is 0 Å². The number of hydrogen-bond donors (Lipinski definition) is 0. The van der Waals surface area contributed by atoms with Crippen molar-refractivity contribution >= 4 is 23.7 Å². The first-order valence-corrected chi connectivity index (χ1v) is 7.36. The Morgan fingerprint density at radius 2 is 2.12 bits per heavy atom. The Morgan fingerprint density at radius 1 is 1.25 bits per heavy atom. The fourth-order valence-corrected chi connectivity index (χ4v) is 2.27. The molecule has 3 rings (SSSR count). The van der Waals surface area contributed by atoms with E-state index in [4.69, 9.17) is 0 Å². The lowest BCUT2D eigenvalue weighted by Gasteiger charge is -2.06. The summed E-state index contributed by atoms with van der Waals surface area (Å²) in [6.07, 6.45) is 8.71. The van der Waals surface area contributed by atoms with Crippen molar-refractivity contribution in [2.45, 2.75) is 6.92 Å². The molecule has 24 heavy (non-hydrogen) atoms. The average molecular weight is 318 g/mol. The molecule has 2 aromatic heterocycles. The minimum atomic E-state index is -0.324. The van der Waals surface area contributed by atoms with Gasteiger partial charge in [0.1, 0.15) is 5.82 Å². The molecule has 0 N–H and O–H groups in total. The lowest BCUT2D eigenvalue weighted by Crippen LogP contribution is -1.95. The third-order valence-electron chi connectivity index (χ3n) is 3.41. The molecular formula is C19H15FN4. The fraction of sp³-hybridized carbons (Fsp3) is 0.0526. The summed E-state index contributed by atoms with van der Waals surface area (Å²) in [6, 6.07) is 8.19. The van der Waals surface area contributed by atoms with E-state index in [9.17, 15) is 4.39 Å². The number of benzene rings is 1. The summed E-state index contributed by atoms with van der Waals surface area (Å²) in [5, 5.41) is 0.651. The highest BCUT2D eigenvalue weighted by Gasteiger charge is 2.09. The number of fused-ring (bicyclic) bond motifs is 1. The highest BCUT2D eigenvalue weighted by atomic mass is 19.1. The first-order valence-electron chi connectivity index (χ1n) is 7.36. The standard InChI is InChI=1S/C19H15FN4/c1-13(11-21-2)5-7-17-16-10-15(20)6-8-18(16)24-19(23-17)14-4-3-9-22-12-14/h3-12H,2H2,1H3/b7-5-,13-11-. The van der Waals surface area contributed by atoms with Crippen LogP contribution in [-0.2, 0) is 0 Å². The van der Waals surface area contributed by atoms with E-state index in [2.05, 4.69) is 26.7 Å². The van der Waals surface area contributed by atoms with E-state index in [0.717, 1.165) is 11.1 Å². The van der Waals surface area contributed by atoms with Gasteiger partial charge in [0.05, 0.1) is 11.2 Å². The molecular weight excluding hydrogens is 303 g/mol. The van der Waals surface area contributed by atoms with Gasteiger partial charge < -0.3 is 0 Å². The number of hydrogen-bond acceptors (Lipinski definition) is 4. The molecule has 0 amide bonds. The minimum absolute atomic E-state index is 0.324. The van der Waals surface area contributed by atoms with Crippen molar-refractivity contribution in [1.82, 2.24) is 15.0 Å². The van der Waals surface area contributed by atoms with E-state index in [1.54, 1.807) is 24.7 Å². The van der Waals surface area contributed by atoms with Crippen molar-refractivity contribution in [2.75, 3.05) is 0 Å². The molecule has 0 unspecified atom stereocenters. The molecule has 0 fully saturated rings. The minimum Gasteiger partial charge on any atom is -0.272 e. The van der Waals surface area contributed by atoms with Crippen molar-refractivity contribution in [3.05, 3.63) is 72.1 Å². The number of allylic oxidation sites excluding steroid dienone is 2. The Morgan fingerprint density at radius 3 is 2.88 bits per heavy atom. The largest absolute Gasteiger partial charge is 0.272 e. The lowest BCUT2D eigenvalue weighted by atomic mass is 10.1. The van der Waals surface area contributed by atoms with Crippen LogP contribution in [0.3, 0.4) is 0 Å². The van der Waals surface area contributed by atoms with Crippen molar-refractivity contribution in [3.63, 3.8) is 0 Å². The van der Waals surface area contributed by atoms with Crippen LogP contribution in [-0.4, -0.2) is 21.7 Å². The normalized spacial score (nSPS) is 12.0. The van der Waals surface area contributed by atoms with Crippen LogP contribution in [0.1, 0.15) is 12.6 Å². The zero-order valence-electron chi connectivity index (χ0n) is 13.1. The first kappa shape index (κ1) is 15.7. The van der Waals surface area contributed by atoms with Crippen molar-refractivity contribution < 1.29 is 4.39 Å². The number of nitrogens with zero attached hydrogens (tertiary/aromatic N) is 4. The summed E-state index contributed by atoms with van der Waals surface area (Å²) in [5.41, 5.74) is 3.03. The van der Waals surface area contributed by atoms with Crippen LogP contribution in [0.25, 0.3) is 28.4 Å².